The van der Waals surface area contributed by atoms with Crippen LogP contribution >= 0.6 is 0 Å². The first kappa shape index (κ1) is 15.2. The van der Waals surface area contributed by atoms with E-state index in [1.54, 1.807) is 12.1 Å². The van der Waals surface area contributed by atoms with E-state index in [0.29, 0.717) is 6.54 Å². The van der Waals surface area contributed by atoms with Crippen LogP contribution in [0.15, 0.2) is 54.9 Å². The standard InChI is InChI=1S/C18H18FN3O/c19-15-8-6-14(7-9-15)12-18(23)20-10-3-11-22-13-21-16-4-1-2-5-17(16)22/h1-2,4-9,13H,3,10-12H2,(H,20,23). The average molecular weight is 311 g/mol. The summed E-state index contributed by atoms with van der Waals surface area (Å²) in [5.74, 6) is -0.339. The second kappa shape index (κ2) is 7.05. The summed E-state index contributed by atoms with van der Waals surface area (Å²) >= 11 is 0. The van der Waals surface area contributed by atoms with Gasteiger partial charge in [-0.05, 0) is 36.2 Å². The van der Waals surface area contributed by atoms with E-state index in [2.05, 4.69) is 14.9 Å². The van der Waals surface area contributed by atoms with Crippen molar-refractivity contribution < 1.29 is 9.18 Å². The minimum absolute atomic E-state index is 0.0490. The van der Waals surface area contributed by atoms with E-state index in [-0.39, 0.29) is 18.1 Å². The van der Waals surface area contributed by atoms with Crippen LogP contribution in [0.5, 0.6) is 0 Å². The predicted octanol–water partition coefficient (Wildman–Crippen LogP) is 2.92. The Morgan fingerprint density at radius 3 is 2.74 bits per heavy atom. The van der Waals surface area contributed by atoms with Gasteiger partial charge in [0.15, 0.2) is 0 Å². The minimum Gasteiger partial charge on any atom is -0.356 e. The molecule has 3 aromatic rings. The van der Waals surface area contributed by atoms with E-state index < -0.39 is 0 Å². The van der Waals surface area contributed by atoms with Crippen molar-refractivity contribution in [3.05, 3.63) is 66.2 Å². The first-order valence-corrected chi connectivity index (χ1v) is 7.63. The lowest BCUT2D eigenvalue weighted by molar-refractivity contribution is -0.120. The highest BCUT2D eigenvalue weighted by Crippen LogP contribution is 2.11. The highest BCUT2D eigenvalue weighted by molar-refractivity contribution is 5.78. The second-order valence-electron chi connectivity index (χ2n) is 5.43. The number of amides is 1. The molecule has 0 aliphatic heterocycles. The topological polar surface area (TPSA) is 46.9 Å². The van der Waals surface area contributed by atoms with Gasteiger partial charge < -0.3 is 9.88 Å². The van der Waals surface area contributed by atoms with Crippen molar-refractivity contribution >= 4 is 16.9 Å². The lowest BCUT2D eigenvalue weighted by Crippen LogP contribution is -2.26. The highest BCUT2D eigenvalue weighted by atomic mass is 19.1. The molecule has 0 fully saturated rings. The molecule has 0 atom stereocenters. The number of carbonyl (C=O) groups excluding carboxylic acids is 1. The second-order valence-corrected chi connectivity index (χ2v) is 5.43. The summed E-state index contributed by atoms with van der Waals surface area (Å²) in [6.45, 7) is 1.41. The summed E-state index contributed by atoms with van der Waals surface area (Å²) in [6.07, 6.45) is 2.93. The molecule has 1 N–H and O–H groups in total. The van der Waals surface area contributed by atoms with E-state index in [1.807, 2.05) is 30.6 Å². The maximum Gasteiger partial charge on any atom is 0.224 e. The maximum atomic E-state index is 12.8. The van der Waals surface area contributed by atoms with Crippen LogP contribution in [0.4, 0.5) is 4.39 Å². The van der Waals surface area contributed by atoms with Crippen molar-refractivity contribution in [2.45, 2.75) is 19.4 Å². The molecule has 118 valence electrons. The Balaban J connectivity index is 1.44. The summed E-state index contributed by atoms with van der Waals surface area (Å²) in [6, 6.07) is 14.0. The number of para-hydroxylation sites is 2. The van der Waals surface area contributed by atoms with Gasteiger partial charge in [0, 0.05) is 13.1 Å². The van der Waals surface area contributed by atoms with Gasteiger partial charge in [0.05, 0.1) is 23.8 Å². The van der Waals surface area contributed by atoms with Crippen LogP contribution < -0.4 is 5.32 Å². The molecule has 0 saturated heterocycles. The smallest absolute Gasteiger partial charge is 0.224 e. The Hall–Kier alpha value is -2.69. The zero-order valence-corrected chi connectivity index (χ0v) is 12.7. The third-order valence-electron chi connectivity index (χ3n) is 3.70. The normalized spacial score (nSPS) is 10.8. The Morgan fingerprint density at radius 2 is 1.91 bits per heavy atom. The van der Waals surface area contributed by atoms with Gasteiger partial charge in [-0.25, -0.2) is 9.37 Å². The molecule has 4 nitrogen and oxygen atoms in total. The van der Waals surface area contributed by atoms with E-state index in [1.165, 1.54) is 12.1 Å². The van der Waals surface area contributed by atoms with Crippen LogP contribution in [0.2, 0.25) is 0 Å². The number of halogens is 1. The number of nitrogens with one attached hydrogen (secondary N) is 1. The van der Waals surface area contributed by atoms with Crippen LogP contribution in [0.3, 0.4) is 0 Å². The molecule has 0 radical (unpaired) electrons. The van der Waals surface area contributed by atoms with E-state index >= 15 is 0 Å². The Kier molecular flexibility index (Phi) is 4.66. The quantitative estimate of drug-likeness (QED) is 0.712. The van der Waals surface area contributed by atoms with Gasteiger partial charge in [-0.15, -0.1) is 0 Å². The minimum atomic E-state index is -0.290. The van der Waals surface area contributed by atoms with Gasteiger partial charge in [-0.1, -0.05) is 24.3 Å². The van der Waals surface area contributed by atoms with Gasteiger partial charge >= 0.3 is 0 Å². The zero-order valence-electron chi connectivity index (χ0n) is 12.7. The first-order chi connectivity index (χ1) is 11.2. The fraction of sp³-hybridized carbons (Fsp3) is 0.222. The summed E-state index contributed by atoms with van der Waals surface area (Å²) < 4.78 is 14.9. The Bertz CT molecular complexity index is 795. The third-order valence-corrected chi connectivity index (χ3v) is 3.70. The van der Waals surface area contributed by atoms with Crippen LogP contribution in [-0.4, -0.2) is 22.0 Å². The first-order valence-electron chi connectivity index (χ1n) is 7.63. The van der Waals surface area contributed by atoms with Gasteiger partial charge in [-0.2, -0.15) is 0 Å². The molecule has 0 aliphatic carbocycles. The van der Waals surface area contributed by atoms with Gasteiger partial charge in [0.25, 0.3) is 0 Å². The molecule has 1 heterocycles. The molecule has 0 unspecified atom stereocenters. The fourth-order valence-corrected chi connectivity index (χ4v) is 2.52. The lowest BCUT2D eigenvalue weighted by Gasteiger charge is -2.07. The Labute approximate surface area is 134 Å². The van der Waals surface area contributed by atoms with Crippen molar-refractivity contribution in [2.75, 3.05) is 6.54 Å². The number of fused-ring (bicyclic) bond motifs is 1. The molecule has 2 aromatic carbocycles. The number of carbonyl (C=O) groups is 1. The number of benzene rings is 2. The summed E-state index contributed by atoms with van der Waals surface area (Å²) in [5.41, 5.74) is 2.89. The molecule has 0 saturated carbocycles. The van der Waals surface area contributed by atoms with Crippen LogP contribution in [0.1, 0.15) is 12.0 Å². The molecule has 0 aliphatic rings. The highest BCUT2D eigenvalue weighted by Gasteiger charge is 2.04. The zero-order chi connectivity index (χ0) is 16.1. The number of imidazole rings is 1. The SMILES string of the molecule is O=C(Cc1ccc(F)cc1)NCCCn1cnc2ccccc21. The summed E-state index contributed by atoms with van der Waals surface area (Å²) in [5, 5.41) is 2.89. The largest absolute Gasteiger partial charge is 0.356 e. The molecule has 1 aromatic heterocycles. The van der Waals surface area contributed by atoms with E-state index in [0.717, 1.165) is 29.6 Å². The number of aryl methyl sites for hydroxylation is 1. The predicted molar refractivity (Wildman–Crippen MR) is 87.5 cm³/mol. The molecule has 5 heteroatoms. The molecule has 23 heavy (non-hydrogen) atoms. The van der Waals surface area contributed by atoms with Gasteiger partial charge in [0.1, 0.15) is 5.82 Å². The molecular formula is C18H18FN3O. The van der Waals surface area contributed by atoms with Crippen molar-refractivity contribution in [1.29, 1.82) is 0 Å². The number of rotatable bonds is 6. The van der Waals surface area contributed by atoms with Gasteiger partial charge in [0.2, 0.25) is 5.91 Å². The summed E-state index contributed by atoms with van der Waals surface area (Å²) in [7, 11) is 0. The van der Waals surface area contributed by atoms with E-state index in [4.69, 9.17) is 0 Å². The molecule has 0 bridgehead atoms. The monoisotopic (exact) mass is 311 g/mol. The van der Waals surface area contributed by atoms with Crippen LogP contribution in [-0.2, 0) is 17.8 Å². The maximum absolute atomic E-state index is 12.8. The molecule has 0 spiro atoms. The van der Waals surface area contributed by atoms with Crippen molar-refractivity contribution in [3.63, 3.8) is 0 Å². The number of aromatic nitrogens is 2. The summed E-state index contributed by atoms with van der Waals surface area (Å²) in [4.78, 5) is 16.2. The van der Waals surface area contributed by atoms with E-state index in [9.17, 15) is 9.18 Å². The Morgan fingerprint density at radius 1 is 1.13 bits per heavy atom. The molecular weight excluding hydrogens is 293 g/mol. The number of hydrogen-bond donors (Lipinski definition) is 1. The number of hydrogen-bond acceptors (Lipinski definition) is 2. The van der Waals surface area contributed by atoms with Gasteiger partial charge in [-0.3, -0.25) is 4.79 Å². The van der Waals surface area contributed by atoms with Crippen molar-refractivity contribution in [1.82, 2.24) is 14.9 Å². The number of nitrogens with zero attached hydrogens (tertiary/aromatic N) is 2. The fourth-order valence-electron chi connectivity index (χ4n) is 2.52. The van der Waals surface area contributed by atoms with Crippen molar-refractivity contribution in [3.8, 4) is 0 Å². The lowest BCUT2D eigenvalue weighted by atomic mass is 10.1. The third kappa shape index (κ3) is 3.94. The van der Waals surface area contributed by atoms with Crippen LogP contribution in [0.25, 0.3) is 11.0 Å². The average Bonchev–Trinajstić information content (AvgIpc) is 2.97. The molecule has 1 amide bonds. The van der Waals surface area contributed by atoms with Crippen LogP contribution in [0, 0.1) is 5.82 Å². The van der Waals surface area contributed by atoms with Crippen molar-refractivity contribution in [2.24, 2.45) is 0 Å². The molecule has 3 rings (SSSR count).